The number of ether oxygens (including phenoxy) is 1. The molecule has 0 fully saturated rings. The number of hydrogen-bond acceptors (Lipinski definition) is 3. The Bertz CT molecular complexity index is 1110. The van der Waals surface area contributed by atoms with E-state index in [2.05, 4.69) is 0 Å². The van der Waals surface area contributed by atoms with E-state index in [1.165, 1.54) is 0 Å². The van der Waals surface area contributed by atoms with Gasteiger partial charge in [-0.2, -0.15) is 5.10 Å². The highest BCUT2D eigenvalue weighted by Crippen LogP contribution is 2.35. The van der Waals surface area contributed by atoms with Gasteiger partial charge >= 0.3 is 5.97 Å². The molecule has 0 radical (unpaired) electrons. The molecular formula is C25H22N2O2. The molecule has 0 saturated carbocycles. The molecule has 0 atom stereocenters. The average Bonchev–Trinajstić information content (AvgIpc) is 3.16. The summed E-state index contributed by atoms with van der Waals surface area (Å²) in [5, 5.41) is 4.88. The minimum Gasteiger partial charge on any atom is -0.462 e. The zero-order valence-electron chi connectivity index (χ0n) is 16.5. The maximum absolute atomic E-state index is 13.1. The van der Waals surface area contributed by atoms with Crippen LogP contribution >= 0.6 is 0 Å². The number of rotatable bonds is 5. The van der Waals surface area contributed by atoms with Gasteiger partial charge in [0.15, 0.2) is 0 Å². The number of aromatic nitrogens is 2. The number of carbonyl (C=O) groups excluding carboxylic acids is 1. The number of hydrogen-bond donors (Lipinski definition) is 0. The van der Waals surface area contributed by atoms with Gasteiger partial charge in [0.05, 0.1) is 18.0 Å². The standard InChI is InChI=1S/C25H22N2O2/c1-3-29-25(28)22-23(19-16-14-18(2)15-17-19)26-27(21-12-8-5-9-13-21)24(22)20-10-6-4-7-11-20/h4-17H,3H2,1-2H3. The second-order valence-electron chi connectivity index (χ2n) is 6.77. The van der Waals surface area contributed by atoms with Crippen LogP contribution in [0.15, 0.2) is 84.9 Å². The highest BCUT2D eigenvalue weighted by molar-refractivity contribution is 6.03. The number of benzene rings is 3. The van der Waals surface area contributed by atoms with E-state index >= 15 is 0 Å². The van der Waals surface area contributed by atoms with Crippen LogP contribution in [0.3, 0.4) is 0 Å². The van der Waals surface area contributed by atoms with Crippen molar-refractivity contribution in [3.63, 3.8) is 0 Å². The minimum atomic E-state index is -0.371. The Hall–Kier alpha value is -3.66. The maximum atomic E-state index is 13.1. The van der Waals surface area contributed by atoms with E-state index in [1.807, 2.05) is 103 Å². The van der Waals surface area contributed by atoms with Crippen molar-refractivity contribution in [3.8, 4) is 28.2 Å². The molecule has 1 aromatic heterocycles. The molecule has 0 N–H and O–H groups in total. The number of esters is 1. The lowest BCUT2D eigenvalue weighted by Crippen LogP contribution is -2.08. The lowest BCUT2D eigenvalue weighted by Gasteiger charge is -2.10. The van der Waals surface area contributed by atoms with E-state index in [0.29, 0.717) is 17.9 Å². The van der Waals surface area contributed by atoms with E-state index in [-0.39, 0.29) is 5.97 Å². The second kappa shape index (κ2) is 8.15. The molecule has 0 unspecified atom stereocenters. The summed E-state index contributed by atoms with van der Waals surface area (Å²) >= 11 is 0. The smallest absolute Gasteiger partial charge is 0.342 e. The Balaban J connectivity index is 2.04. The quantitative estimate of drug-likeness (QED) is 0.416. The number of aryl methyl sites for hydroxylation is 1. The second-order valence-corrected chi connectivity index (χ2v) is 6.77. The van der Waals surface area contributed by atoms with Gasteiger partial charge in [-0.3, -0.25) is 0 Å². The van der Waals surface area contributed by atoms with Crippen LogP contribution in [0.5, 0.6) is 0 Å². The molecule has 0 aliphatic carbocycles. The summed E-state index contributed by atoms with van der Waals surface area (Å²) < 4.78 is 7.26. The Labute approximate surface area is 170 Å². The summed E-state index contributed by atoms with van der Waals surface area (Å²) in [5.41, 5.74) is 5.64. The van der Waals surface area contributed by atoms with E-state index < -0.39 is 0 Å². The molecule has 0 aliphatic rings. The van der Waals surface area contributed by atoms with Crippen LogP contribution in [0.4, 0.5) is 0 Å². The fourth-order valence-corrected chi connectivity index (χ4v) is 3.35. The first-order valence-corrected chi connectivity index (χ1v) is 9.67. The van der Waals surface area contributed by atoms with Gasteiger partial charge in [-0.1, -0.05) is 78.4 Å². The average molecular weight is 382 g/mol. The lowest BCUT2D eigenvalue weighted by atomic mass is 10.0. The van der Waals surface area contributed by atoms with Gasteiger partial charge in [-0.15, -0.1) is 0 Å². The third-order valence-corrected chi connectivity index (χ3v) is 4.74. The molecule has 3 aromatic carbocycles. The van der Waals surface area contributed by atoms with Gasteiger partial charge < -0.3 is 4.74 Å². The monoisotopic (exact) mass is 382 g/mol. The molecule has 4 rings (SSSR count). The summed E-state index contributed by atoms with van der Waals surface area (Å²) in [5.74, 6) is -0.371. The van der Waals surface area contributed by atoms with Crippen molar-refractivity contribution in [2.24, 2.45) is 0 Å². The topological polar surface area (TPSA) is 44.1 Å². The molecular weight excluding hydrogens is 360 g/mol. The first-order chi connectivity index (χ1) is 14.2. The molecule has 1 heterocycles. The zero-order chi connectivity index (χ0) is 20.2. The lowest BCUT2D eigenvalue weighted by molar-refractivity contribution is 0.0528. The molecule has 4 nitrogen and oxygen atoms in total. The van der Waals surface area contributed by atoms with Crippen molar-refractivity contribution in [1.29, 1.82) is 0 Å². The van der Waals surface area contributed by atoms with Crippen molar-refractivity contribution >= 4 is 5.97 Å². The van der Waals surface area contributed by atoms with Gasteiger partial charge in [0.25, 0.3) is 0 Å². The highest BCUT2D eigenvalue weighted by atomic mass is 16.5. The number of carbonyl (C=O) groups is 1. The molecule has 0 bridgehead atoms. The van der Waals surface area contributed by atoms with Crippen molar-refractivity contribution in [2.45, 2.75) is 13.8 Å². The predicted octanol–water partition coefficient (Wildman–Crippen LogP) is 5.69. The van der Waals surface area contributed by atoms with Crippen molar-refractivity contribution in [3.05, 3.63) is 96.1 Å². The Morgan fingerprint density at radius 2 is 1.48 bits per heavy atom. The van der Waals surface area contributed by atoms with E-state index in [9.17, 15) is 4.79 Å². The highest BCUT2D eigenvalue weighted by Gasteiger charge is 2.27. The Morgan fingerprint density at radius 3 is 2.10 bits per heavy atom. The van der Waals surface area contributed by atoms with E-state index in [0.717, 1.165) is 28.1 Å². The van der Waals surface area contributed by atoms with Crippen LogP contribution in [0.2, 0.25) is 0 Å². The molecule has 144 valence electrons. The minimum absolute atomic E-state index is 0.302. The van der Waals surface area contributed by atoms with Crippen LogP contribution in [-0.2, 0) is 4.74 Å². The maximum Gasteiger partial charge on any atom is 0.342 e. The zero-order valence-corrected chi connectivity index (χ0v) is 16.5. The number of para-hydroxylation sites is 1. The van der Waals surface area contributed by atoms with Gasteiger partial charge in [-0.05, 0) is 26.0 Å². The van der Waals surface area contributed by atoms with E-state index in [1.54, 1.807) is 0 Å². The van der Waals surface area contributed by atoms with Gasteiger partial charge in [0.2, 0.25) is 0 Å². The summed E-state index contributed by atoms with van der Waals surface area (Å²) in [6.07, 6.45) is 0. The van der Waals surface area contributed by atoms with Crippen LogP contribution < -0.4 is 0 Å². The van der Waals surface area contributed by atoms with Crippen molar-refractivity contribution in [1.82, 2.24) is 9.78 Å². The normalized spacial score (nSPS) is 10.7. The number of nitrogens with zero attached hydrogens (tertiary/aromatic N) is 2. The van der Waals surface area contributed by atoms with Crippen LogP contribution in [0.25, 0.3) is 28.2 Å². The summed E-state index contributed by atoms with van der Waals surface area (Å²) in [4.78, 5) is 13.1. The summed E-state index contributed by atoms with van der Waals surface area (Å²) in [6, 6.07) is 27.7. The van der Waals surface area contributed by atoms with Gasteiger partial charge in [-0.25, -0.2) is 9.48 Å². The third-order valence-electron chi connectivity index (χ3n) is 4.74. The SMILES string of the molecule is CCOC(=O)c1c(-c2ccc(C)cc2)nn(-c2ccccc2)c1-c1ccccc1. The molecule has 4 heteroatoms. The third kappa shape index (κ3) is 3.69. The van der Waals surface area contributed by atoms with Gasteiger partial charge in [0, 0.05) is 11.1 Å². The largest absolute Gasteiger partial charge is 0.462 e. The molecule has 0 amide bonds. The van der Waals surface area contributed by atoms with Crippen molar-refractivity contribution < 1.29 is 9.53 Å². The fraction of sp³-hybridized carbons (Fsp3) is 0.120. The first kappa shape index (κ1) is 18.7. The summed E-state index contributed by atoms with van der Waals surface area (Å²) in [6.45, 7) is 4.15. The Morgan fingerprint density at radius 1 is 0.862 bits per heavy atom. The summed E-state index contributed by atoms with van der Waals surface area (Å²) in [7, 11) is 0. The molecule has 0 aliphatic heterocycles. The van der Waals surface area contributed by atoms with E-state index in [4.69, 9.17) is 9.84 Å². The van der Waals surface area contributed by atoms with Crippen LogP contribution in [0.1, 0.15) is 22.8 Å². The van der Waals surface area contributed by atoms with Crippen LogP contribution in [-0.4, -0.2) is 22.4 Å². The fourth-order valence-electron chi connectivity index (χ4n) is 3.35. The van der Waals surface area contributed by atoms with Crippen molar-refractivity contribution in [2.75, 3.05) is 6.61 Å². The Kier molecular flexibility index (Phi) is 5.25. The molecule has 0 spiro atoms. The van der Waals surface area contributed by atoms with Crippen LogP contribution in [0, 0.1) is 6.92 Å². The predicted molar refractivity (Wildman–Crippen MR) is 115 cm³/mol. The van der Waals surface area contributed by atoms with Gasteiger partial charge in [0.1, 0.15) is 11.3 Å². The molecule has 4 aromatic rings. The molecule has 29 heavy (non-hydrogen) atoms. The molecule has 0 saturated heterocycles. The first-order valence-electron chi connectivity index (χ1n) is 9.67.